The molecule has 7 heteroatoms. The minimum atomic E-state index is 0.0506. The molecule has 0 unspecified atom stereocenters. The lowest BCUT2D eigenvalue weighted by Crippen LogP contribution is -2.30. The van der Waals surface area contributed by atoms with E-state index in [1.54, 1.807) is 6.20 Å². The SMILES string of the molecule is CCOc1ccc(Cc2nc3cc(C(=O)N(CC)CC)ccc3n2CCCn2ccnc2)cc1. The quantitative estimate of drug-likeness (QED) is 0.323. The Kier molecular flexibility index (Phi) is 7.62. The zero-order chi connectivity index (χ0) is 23.9. The average molecular weight is 460 g/mol. The Morgan fingerprint density at radius 2 is 1.82 bits per heavy atom. The second-order valence-corrected chi connectivity index (χ2v) is 8.27. The van der Waals surface area contributed by atoms with Gasteiger partial charge in [-0.05, 0) is 63.1 Å². The molecule has 0 saturated carbocycles. The molecule has 4 rings (SSSR count). The number of benzene rings is 2. The topological polar surface area (TPSA) is 65.2 Å². The van der Waals surface area contributed by atoms with E-state index < -0.39 is 0 Å². The van der Waals surface area contributed by atoms with E-state index in [4.69, 9.17) is 9.72 Å². The minimum absolute atomic E-state index is 0.0506. The van der Waals surface area contributed by atoms with Gasteiger partial charge in [-0.1, -0.05) is 12.1 Å². The van der Waals surface area contributed by atoms with Crippen LogP contribution in [0, 0.1) is 0 Å². The predicted octanol–water partition coefficient (Wildman–Crippen LogP) is 4.79. The van der Waals surface area contributed by atoms with Crippen LogP contribution in [0.4, 0.5) is 0 Å². The van der Waals surface area contributed by atoms with Crippen LogP contribution in [0.2, 0.25) is 0 Å². The third kappa shape index (κ3) is 5.30. The smallest absolute Gasteiger partial charge is 0.253 e. The van der Waals surface area contributed by atoms with Gasteiger partial charge in [0.05, 0.1) is 24.0 Å². The summed E-state index contributed by atoms with van der Waals surface area (Å²) in [7, 11) is 0. The van der Waals surface area contributed by atoms with E-state index in [9.17, 15) is 4.79 Å². The number of imidazole rings is 2. The molecule has 2 aromatic carbocycles. The molecule has 0 bridgehead atoms. The van der Waals surface area contributed by atoms with Gasteiger partial charge in [0.1, 0.15) is 11.6 Å². The molecular formula is C27H33N5O2. The Labute approximate surface area is 201 Å². The number of carbonyl (C=O) groups is 1. The molecule has 0 N–H and O–H groups in total. The van der Waals surface area contributed by atoms with Crippen molar-refractivity contribution >= 4 is 16.9 Å². The van der Waals surface area contributed by atoms with E-state index in [-0.39, 0.29) is 5.91 Å². The number of carbonyl (C=O) groups excluding carboxylic acids is 1. The fourth-order valence-corrected chi connectivity index (χ4v) is 4.27. The average Bonchev–Trinajstić information content (AvgIpc) is 3.49. The van der Waals surface area contributed by atoms with Crippen molar-refractivity contribution in [1.29, 1.82) is 0 Å². The molecular weight excluding hydrogens is 426 g/mol. The summed E-state index contributed by atoms with van der Waals surface area (Å²) < 4.78 is 9.96. The van der Waals surface area contributed by atoms with Gasteiger partial charge in [-0.25, -0.2) is 9.97 Å². The maximum atomic E-state index is 12.9. The second-order valence-electron chi connectivity index (χ2n) is 8.27. The number of fused-ring (bicyclic) bond motifs is 1. The minimum Gasteiger partial charge on any atom is -0.494 e. The van der Waals surface area contributed by atoms with Crippen LogP contribution in [0.3, 0.4) is 0 Å². The summed E-state index contributed by atoms with van der Waals surface area (Å²) in [5.41, 5.74) is 3.78. The number of aryl methyl sites for hydroxylation is 2. The molecule has 0 aliphatic carbocycles. The third-order valence-electron chi connectivity index (χ3n) is 6.08. The van der Waals surface area contributed by atoms with Gasteiger partial charge in [0.2, 0.25) is 0 Å². The first-order valence-electron chi connectivity index (χ1n) is 12.1. The first kappa shape index (κ1) is 23.5. The van der Waals surface area contributed by atoms with E-state index >= 15 is 0 Å². The van der Waals surface area contributed by atoms with E-state index in [2.05, 4.69) is 26.3 Å². The fraction of sp³-hybridized carbons (Fsp3) is 0.370. The van der Waals surface area contributed by atoms with E-state index in [0.29, 0.717) is 31.7 Å². The Morgan fingerprint density at radius 3 is 2.50 bits per heavy atom. The molecule has 0 fully saturated rings. The Balaban J connectivity index is 1.63. The van der Waals surface area contributed by atoms with Crippen LogP contribution in [0.15, 0.2) is 61.2 Å². The van der Waals surface area contributed by atoms with Crippen LogP contribution in [0.25, 0.3) is 11.0 Å². The zero-order valence-corrected chi connectivity index (χ0v) is 20.3. The lowest BCUT2D eigenvalue weighted by atomic mass is 10.1. The van der Waals surface area contributed by atoms with E-state index in [1.165, 1.54) is 5.56 Å². The Bertz CT molecular complexity index is 1210. The molecule has 34 heavy (non-hydrogen) atoms. The van der Waals surface area contributed by atoms with Gasteiger partial charge in [0.15, 0.2) is 0 Å². The van der Waals surface area contributed by atoms with Crippen molar-refractivity contribution < 1.29 is 9.53 Å². The Hall–Kier alpha value is -3.61. The van der Waals surface area contributed by atoms with Crippen LogP contribution >= 0.6 is 0 Å². The summed E-state index contributed by atoms with van der Waals surface area (Å²) >= 11 is 0. The molecule has 0 atom stereocenters. The molecule has 0 aliphatic rings. The fourth-order valence-electron chi connectivity index (χ4n) is 4.27. The van der Waals surface area contributed by atoms with Crippen molar-refractivity contribution in [1.82, 2.24) is 24.0 Å². The van der Waals surface area contributed by atoms with Crippen molar-refractivity contribution in [3.8, 4) is 5.75 Å². The molecule has 1 amide bonds. The van der Waals surface area contributed by atoms with Gasteiger partial charge in [0, 0.05) is 50.6 Å². The number of ether oxygens (including phenoxy) is 1. The molecule has 0 saturated heterocycles. The normalized spacial score (nSPS) is 11.1. The lowest BCUT2D eigenvalue weighted by Gasteiger charge is -2.18. The van der Waals surface area contributed by atoms with Crippen molar-refractivity contribution in [3.63, 3.8) is 0 Å². The molecule has 0 spiro atoms. The van der Waals surface area contributed by atoms with Gasteiger partial charge >= 0.3 is 0 Å². The number of rotatable bonds is 11. The Morgan fingerprint density at radius 1 is 1.03 bits per heavy atom. The first-order chi connectivity index (χ1) is 16.6. The monoisotopic (exact) mass is 459 g/mol. The predicted molar refractivity (Wildman–Crippen MR) is 134 cm³/mol. The summed E-state index contributed by atoms with van der Waals surface area (Å²) in [4.78, 5) is 23.8. The standard InChI is InChI=1S/C27H33N5O2/c1-4-31(5-2)27(33)22-10-13-25-24(19-22)29-26(18-21-8-11-23(12-9-21)34-6-3)32(25)16-7-15-30-17-14-28-20-30/h8-14,17,19-20H,4-7,15-16,18H2,1-3H3. The number of hydrogen-bond acceptors (Lipinski definition) is 4. The van der Waals surface area contributed by atoms with E-state index in [1.807, 2.05) is 68.5 Å². The number of aromatic nitrogens is 4. The zero-order valence-electron chi connectivity index (χ0n) is 20.3. The van der Waals surface area contributed by atoms with Crippen LogP contribution < -0.4 is 4.74 Å². The van der Waals surface area contributed by atoms with Crippen LogP contribution in [-0.4, -0.2) is 49.6 Å². The summed E-state index contributed by atoms with van der Waals surface area (Å²) in [6.45, 7) is 9.76. The highest BCUT2D eigenvalue weighted by Gasteiger charge is 2.17. The lowest BCUT2D eigenvalue weighted by molar-refractivity contribution is 0.0773. The highest BCUT2D eigenvalue weighted by atomic mass is 16.5. The third-order valence-corrected chi connectivity index (χ3v) is 6.08. The van der Waals surface area contributed by atoms with Crippen LogP contribution in [-0.2, 0) is 19.5 Å². The largest absolute Gasteiger partial charge is 0.494 e. The summed E-state index contributed by atoms with van der Waals surface area (Å²) in [6, 6.07) is 14.1. The molecule has 4 aromatic rings. The van der Waals surface area contributed by atoms with Gasteiger partial charge in [0.25, 0.3) is 5.91 Å². The molecule has 0 radical (unpaired) electrons. The number of hydrogen-bond donors (Lipinski definition) is 0. The number of nitrogens with zero attached hydrogens (tertiary/aromatic N) is 5. The maximum absolute atomic E-state index is 12.9. The maximum Gasteiger partial charge on any atom is 0.253 e. The van der Waals surface area contributed by atoms with Crippen molar-refractivity contribution in [2.75, 3.05) is 19.7 Å². The van der Waals surface area contributed by atoms with Gasteiger partial charge < -0.3 is 18.8 Å². The van der Waals surface area contributed by atoms with Crippen LogP contribution in [0.1, 0.15) is 48.9 Å². The van der Waals surface area contributed by atoms with Gasteiger partial charge in [-0.15, -0.1) is 0 Å². The molecule has 0 aliphatic heterocycles. The number of amides is 1. The highest BCUT2D eigenvalue weighted by molar-refractivity contribution is 5.97. The van der Waals surface area contributed by atoms with Crippen molar-refractivity contribution in [3.05, 3.63) is 78.1 Å². The van der Waals surface area contributed by atoms with E-state index in [0.717, 1.165) is 42.1 Å². The van der Waals surface area contributed by atoms with Gasteiger partial charge in [-0.3, -0.25) is 4.79 Å². The van der Waals surface area contributed by atoms with Crippen LogP contribution in [0.5, 0.6) is 5.75 Å². The second kappa shape index (κ2) is 11.0. The highest BCUT2D eigenvalue weighted by Crippen LogP contribution is 2.23. The van der Waals surface area contributed by atoms with Crippen molar-refractivity contribution in [2.45, 2.75) is 46.7 Å². The van der Waals surface area contributed by atoms with Gasteiger partial charge in [-0.2, -0.15) is 0 Å². The molecule has 7 nitrogen and oxygen atoms in total. The summed E-state index contributed by atoms with van der Waals surface area (Å²) in [5, 5.41) is 0. The molecule has 2 heterocycles. The summed E-state index contributed by atoms with van der Waals surface area (Å²) in [6.07, 6.45) is 7.30. The van der Waals surface area contributed by atoms with Crippen molar-refractivity contribution in [2.24, 2.45) is 0 Å². The molecule has 178 valence electrons. The molecule has 2 aromatic heterocycles. The summed E-state index contributed by atoms with van der Waals surface area (Å²) in [5.74, 6) is 1.92. The first-order valence-corrected chi connectivity index (χ1v) is 12.1.